The quantitative estimate of drug-likeness (QED) is 0.666. The largest absolute Gasteiger partial charge is 0.391 e. The molecule has 1 aromatic rings. The molecule has 2 rings (SSSR count). The van der Waals surface area contributed by atoms with Crippen LogP contribution in [0.2, 0.25) is 0 Å². The van der Waals surface area contributed by atoms with Gasteiger partial charge in [0.2, 0.25) is 0 Å². The van der Waals surface area contributed by atoms with Crippen LogP contribution in [0.25, 0.3) is 0 Å². The van der Waals surface area contributed by atoms with Gasteiger partial charge < -0.3 is 10.0 Å². The lowest BCUT2D eigenvalue weighted by atomic mass is 10.1. The zero-order valence-electron chi connectivity index (χ0n) is 9.42. The van der Waals surface area contributed by atoms with Crippen LogP contribution in [0.3, 0.4) is 0 Å². The first kappa shape index (κ1) is 12.7. The number of nitro groups is 1. The number of hydrogen-bond acceptors (Lipinski definition) is 4. The highest BCUT2D eigenvalue weighted by Gasteiger charge is 2.26. The van der Waals surface area contributed by atoms with Gasteiger partial charge in [-0.05, 0) is 12.5 Å². The van der Waals surface area contributed by atoms with Crippen molar-refractivity contribution < 1.29 is 18.8 Å². The first-order valence-electron chi connectivity index (χ1n) is 5.48. The number of benzene rings is 1. The van der Waals surface area contributed by atoms with Crippen LogP contribution in [0, 0.1) is 10.1 Å². The van der Waals surface area contributed by atoms with Crippen molar-refractivity contribution in [2.24, 2.45) is 0 Å². The van der Waals surface area contributed by atoms with E-state index < -0.39 is 17.5 Å². The minimum Gasteiger partial charge on any atom is -0.391 e. The molecule has 1 N–H and O–H groups in total. The van der Waals surface area contributed by atoms with Crippen molar-refractivity contribution >= 4 is 11.4 Å². The van der Waals surface area contributed by atoms with E-state index in [4.69, 9.17) is 0 Å². The SMILES string of the molecule is O=[N+]([O-])c1ccc(N2CC[C@H](O)C2)c(C(F)F)c1. The van der Waals surface area contributed by atoms with Gasteiger partial charge in [-0.1, -0.05) is 0 Å². The number of β-amino-alcohol motifs (C(OH)–C–C–N with tert-alkyl or cyclic N) is 1. The second-order valence-corrected chi connectivity index (χ2v) is 4.19. The smallest absolute Gasteiger partial charge is 0.270 e. The van der Waals surface area contributed by atoms with Crippen molar-refractivity contribution in [3.63, 3.8) is 0 Å². The molecule has 1 aromatic carbocycles. The number of nitro benzene ring substituents is 1. The fourth-order valence-electron chi connectivity index (χ4n) is 2.08. The topological polar surface area (TPSA) is 66.6 Å². The Morgan fingerprint density at radius 2 is 2.22 bits per heavy atom. The Labute approximate surface area is 102 Å². The number of rotatable bonds is 3. The van der Waals surface area contributed by atoms with Crippen molar-refractivity contribution in [2.75, 3.05) is 18.0 Å². The number of hydrogen-bond donors (Lipinski definition) is 1. The molecule has 0 amide bonds. The lowest BCUT2D eigenvalue weighted by Gasteiger charge is -2.21. The van der Waals surface area contributed by atoms with Crippen molar-refractivity contribution in [3.8, 4) is 0 Å². The summed E-state index contributed by atoms with van der Waals surface area (Å²) in [5, 5.41) is 20.0. The Bertz CT molecular complexity index is 468. The predicted molar refractivity (Wildman–Crippen MR) is 60.9 cm³/mol. The first-order chi connectivity index (χ1) is 8.49. The maximum Gasteiger partial charge on any atom is 0.270 e. The molecule has 0 radical (unpaired) electrons. The number of anilines is 1. The third-order valence-corrected chi connectivity index (χ3v) is 2.96. The van der Waals surface area contributed by atoms with Gasteiger partial charge in [-0.2, -0.15) is 0 Å². The van der Waals surface area contributed by atoms with Crippen LogP contribution >= 0.6 is 0 Å². The van der Waals surface area contributed by atoms with E-state index in [1.165, 1.54) is 12.1 Å². The van der Waals surface area contributed by atoms with E-state index in [9.17, 15) is 24.0 Å². The molecular weight excluding hydrogens is 246 g/mol. The maximum absolute atomic E-state index is 12.9. The molecule has 0 bridgehead atoms. The molecule has 0 unspecified atom stereocenters. The van der Waals surface area contributed by atoms with Crippen LogP contribution in [0.15, 0.2) is 18.2 Å². The summed E-state index contributed by atoms with van der Waals surface area (Å²) in [6.07, 6.45) is -2.80. The molecule has 0 aromatic heterocycles. The molecule has 18 heavy (non-hydrogen) atoms. The minimum atomic E-state index is -2.78. The van der Waals surface area contributed by atoms with Crippen LogP contribution in [-0.2, 0) is 0 Å². The van der Waals surface area contributed by atoms with Gasteiger partial charge in [-0.25, -0.2) is 8.78 Å². The zero-order valence-corrected chi connectivity index (χ0v) is 9.42. The summed E-state index contributed by atoms with van der Waals surface area (Å²) in [4.78, 5) is 11.5. The van der Waals surface area contributed by atoms with E-state index in [1.54, 1.807) is 4.90 Å². The maximum atomic E-state index is 12.9. The van der Waals surface area contributed by atoms with Gasteiger partial charge >= 0.3 is 0 Å². The van der Waals surface area contributed by atoms with Crippen LogP contribution in [-0.4, -0.2) is 29.2 Å². The van der Waals surface area contributed by atoms with Crippen molar-refractivity contribution in [1.29, 1.82) is 0 Å². The van der Waals surface area contributed by atoms with Gasteiger partial charge in [-0.3, -0.25) is 10.1 Å². The van der Waals surface area contributed by atoms with Gasteiger partial charge in [0.25, 0.3) is 12.1 Å². The number of alkyl halides is 2. The molecule has 1 aliphatic rings. The van der Waals surface area contributed by atoms with E-state index >= 15 is 0 Å². The molecule has 1 fully saturated rings. The third-order valence-electron chi connectivity index (χ3n) is 2.96. The molecule has 1 saturated heterocycles. The fourth-order valence-corrected chi connectivity index (χ4v) is 2.08. The molecule has 7 heteroatoms. The average Bonchev–Trinajstić information content (AvgIpc) is 2.74. The van der Waals surface area contributed by atoms with Crippen molar-refractivity contribution in [2.45, 2.75) is 19.0 Å². The van der Waals surface area contributed by atoms with E-state index in [1.807, 2.05) is 0 Å². The van der Waals surface area contributed by atoms with Gasteiger partial charge in [0.05, 0.1) is 11.0 Å². The van der Waals surface area contributed by atoms with E-state index in [-0.39, 0.29) is 23.5 Å². The van der Waals surface area contributed by atoms with Crippen LogP contribution in [0.1, 0.15) is 18.4 Å². The van der Waals surface area contributed by atoms with E-state index in [0.29, 0.717) is 13.0 Å². The summed E-state index contributed by atoms with van der Waals surface area (Å²) >= 11 is 0. The highest BCUT2D eigenvalue weighted by Crippen LogP contribution is 2.34. The number of aliphatic hydroxyl groups is 1. The predicted octanol–water partition coefficient (Wildman–Crippen LogP) is 2.10. The standard InChI is InChI=1S/C11H12F2N2O3/c12-11(13)9-5-7(15(17)18)1-2-10(9)14-4-3-8(16)6-14/h1-2,5,8,11,16H,3-4,6H2/t8-/m0/s1. The van der Waals surface area contributed by atoms with E-state index in [2.05, 4.69) is 0 Å². The monoisotopic (exact) mass is 258 g/mol. The second-order valence-electron chi connectivity index (χ2n) is 4.19. The van der Waals surface area contributed by atoms with Gasteiger partial charge in [0.1, 0.15) is 0 Å². The normalized spacial score (nSPS) is 19.6. The zero-order chi connectivity index (χ0) is 13.3. The molecule has 1 atom stereocenters. The summed E-state index contributed by atoms with van der Waals surface area (Å²) in [6, 6.07) is 3.41. The van der Waals surface area contributed by atoms with Crippen molar-refractivity contribution in [3.05, 3.63) is 33.9 Å². The molecule has 5 nitrogen and oxygen atoms in total. The van der Waals surface area contributed by atoms with Crippen LogP contribution < -0.4 is 4.90 Å². The number of halogens is 2. The molecule has 0 saturated carbocycles. The number of nitrogens with zero attached hydrogens (tertiary/aromatic N) is 2. The lowest BCUT2D eigenvalue weighted by molar-refractivity contribution is -0.385. The van der Waals surface area contributed by atoms with E-state index in [0.717, 1.165) is 6.07 Å². The Balaban J connectivity index is 2.37. The lowest BCUT2D eigenvalue weighted by Crippen LogP contribution is -2.22. The summed E-state index contributed by atoms with van der Waals surface area (Å²) < 4.78 is 25.8. The first-order valence-corrected chi connectivity index (χ1v) is 5.48. The summed E-state index contributed by atoms with van der Waals surface area (Å²) in [6.45, 7) is 0.746. The van der Waals surface area contributed by atoms with Crippen LogP contribution in [0.5, 0.6) is 0 Å². The minimum absolute atomic E-state index is 0.257. The highest BCUT2D eigenvalue weighted by atomic mass is 19.3. The van der Waals surface area contributed by atoms with Gasteiger partial charge in [-0.15, -0.1) is 0 Å². The molecule has 1 aliphatic heterocycles. The number of non-ortho nitro benzene ring substituents is 1. The van der Waals surface area contributed by atoms with Gasteiger partial charge in [0.15, 0.2) is 0 Å². The van der Waals surface area contributed by atoms with Crippen LogP contribution in [0.4, 0.5) is 20.2 Å². The highest BCUT2D eigenvalue weighted by molar-refractivity contribution is 5.59. The molecular formula is C11H12F2N2O3. The molecule has 0 aliphatic carbocycles. The summed E-state index contributed by atoms with van der Waals surface area (Å²) in [5.74, 6) is 0. The second kappa shape index (κ2) is 4.85. The Morgan fingerprint density at radius 1 is 1.50 bits per heavy atom. The Kier molecular flexibility index (Phi) is 3.42. The molecule has 1 heterocycles. The summed E-state index contributed by atoms with van der Waals surface area (Å²) in [7, 11) is 0. The Hall–Kier alpha value is -1.76. The Morgan fingerprint density at radius 3 is 2.72 bits per heavy atom. The third kappa shape index (κ3) is 2.40. The average molecular weight is 258 g/mol. The fraction of sp³-hybridized carbons (Fsp3) is 0.455. The van der Waals surface area contributed by atoms with Gasteiger partial charge in [0, 0.05) is 36.5 Å². The number of aliphatic hydroxyl groups excluding tert-OH is 1. The summed E-state index contributed by atoms with van der Waals surface area (Å²) in [5.41, 5.74) is -0.459. The van der Waals surface area contributed by atoms with Crippen molar-refractivity contribution in [1.82, 2.24) is 0 Å². The molecule has 0 spiro atoms. The molecule has 98 valence electrons.